The Hall–Kier alpha value is -1.90. The Labute approximate surface area is 132 Å². The minimum atomic E-state index is -3.95. The number of hydrogen-bond donors (Lipinski definition) is 2. The Kier molecular flexibility index (Phi) is 4.84. The molecule has 1 aromatic heterocycles. The average molecular weight is 341 g/mol. The topological polar surface area (TPSA) is 92.7 Å². The van der Waals surface area contributed by atoms with E-state index in [-0.39, 0.29) is 22.1 Å². The van der Waals surface area contributed by atoms with Gasteiger partial charge in [0.15, 0.2) is 0 Å². The highest BCUT2D eigenvalue weighted by atomic mass is 32.2. The van der Waals surface area contributed by atoms with Gasteiger partial charge < -0.3 is 9.84 Å². The Morgan fingerprint density at radius 3 is 2.73 bits per heavy atom. The SMILES string of the molecule is COC(=O)c1sccc1S(=O)(=O)Nc1ccc(C)cc1CO. The highest BCUT2D eigenvalue weighted by molar-refractivity contribution is 7.93. The van der Waals surface area contributed by atoms with Crippen LogP contribution in [0.5, 0.6) is 0 Å². The molecule has 0 atom stereocenters. The van der Waals surface area contributed by atoms with Gasteiger partial charge in [0.2, 0.25) is 0 Å². The van der Waals surface area contributed by atoms with E-state index < -0.39 is 16.0 Å². The number of carbonyl (C=O) groups excluding carboxylic acids is 1. The van der Waals surface area contributed by atoms with Crippen molar-refractivity contribution in [1.29, 1.82) is 0 Å². The number of ether oxygens (including phenoxy) is 1. The van der Waals surface area contributed by atoms with Crippen LogP contribution < -0.4 is 4.72 Å². The fourth-order valence-electron chi connectivity index (χ4n) is 1.90. The predicted octanol–water partition coefficient (Wildman–Crippen LogP) is 2.14. The summed E-state index contributed by atoms with van der Waals surface area (Å²) in [6.07, 6.45) is 0. The van der Waals surface area contributed by atoms with Gasteiger partial charge in [-0.2, -0.15) is 0 Å². The van der Waals surface area contributed by atoms with Crippen molar-refractivity contribution in [2.75, 3.05) is 11.8 Å². The molecule has 0 spiro atoms. The number of sulfonamides is 1. The maximum absolute atomic E-state index is 12.5. The van der Waals surface area contributed by atoms with Gasteiger partial charge in [0.1, 0.15) is 9.77 Å². The number of benzene rings is 1. The number of aliphatic hydroxyl groups is 1. The first kappa shape index (κ1) is 16.5. The maximum Gasteiger partial charge on any atom is 0.349 e. The molecule has 1 aromatic carbocycles. The molecule has 6 nitrogen and oxygen atoms in total. The van der Waals surface area contributed by atoms with Gasteiger partial charge in [-0.1, -0.05) is 17.7 Å². The van der Waals surface area contributed by atoms with Gasteiger partial charge in [0.05, 0.1) is 19.4 Å². The lowest BCUT2D eigenvalue weighted by atomic mass is 10.1. The molecule has 22 heavy (non-hydrogen) atoms. The van der Waals surface area contributed by atoms with Gasteiger partial charge in [0.25, 0.3) is 10.0 Å². The fraction of sp³-hybridized carbons (Fsp3) is 0.214. The monoisotopic (exact) mass is 341 g/mol. The highest BCUT2D eigenvalue weighted by Gasteiger charge is 2.25. The van der Waals surface area contributed by atoms with Crippen molar-refractivity contribution in [2.24, 2.45) is 0 Å². The summed E-state index contributed by atoms with van der Waals surface area (Å²) in [4.78, 5) is 11.5. The molecule has 118 valence electrons. The third kappa shape index (κ3) is 3.29. The van der Waals surface area contributed by atoms with Crippen LogP contribution in [0.3, 0.4) is 0 Å². The van der Waals surface area contributed by atoms with E-state index in [1.54, 1.807) is 18.2 Å². The van der Waals surface area contributed by atoms with Crippen molar-refractivity contribution in [3.63, 3.8) is 0 Å². The Morgan fingerprint density at radius 2 is 2.09 bits per heavy atom. The van der Waals surface area contributed by atoms with E-state index in [4.69, 9.17) is 0 Å². The lowest BCUT2D eigenvalue weighted by Gasteiger charge is -2.12. The van der Waals surface area contributed by atoms with Crippen LogP contribution in [-0.2, 0) is 21.4 Å². The van der Waals surface area contributed by atoms with Crippen molar-refractivity contribution in [3.05, 3.63) is 45.6 Å². The first-order valence-electron chi connectivity index (χ1n) is 6.28. The van der Waals surface area contributed by atoms with E-state index in [0.717, 1.165) is 16.9 Å². The highest BCUT2D eigenvalue weighted by Crippen LogP contribution is 2.26. The quantitative estimate of drug-likeness (QED) is 0.813. The number of aryl methyl sites for hydroxylation is 1. The summed E-state index contributed by atoms with van der Waals surface area (Å²) in [7, 11) is -2.76. The number of methoxy groups -OCH3 is 1. The Balaban J connectivity index is 2.41. The summed E-state index contributed by atoms with van der Waals surface area (Å²) in [6.45, 7) is 1.54. The third-order valence-electron chi connectivity index (χ3n) is 2.96. The second kappa shape index (κ2) is 6.47. The van der Waals surface area contributed by atoms with Crippen LogP contribution in [-0.4, -0.2) is 26.6 Å². The van der Waals surface area contributed by atoms with Crippen LogP contribution in [0.25, 0.3) is 0 Å². The molecule has 2 N–H and O–H groups in total. The smallest absolute Gasteiger partial charge is 0.349 e. The van der Waals surface area contributed by atoms with E-state index in [0.29, 0.717) is 5.56 Å². The molecule has 0 unspecified atom stereocenters. The molecular formula is C14H15NO5S2. The molecule has 0 bridgehead atoms. The minimum Gasteiger partial charge on any atom is -0.465 e. The molecule has 2 aromatic rings. The van der Waals surface area contributed by atoms with Crippen LogP contribution in [0.1, 0.15) is 20.8 Å². The van der Waals surface area contributed by atoms with Crippen LogP contribution in [0.4, 0.5) is 5.69 Å². The second-order valence-electron chi connectivity index (χ2n) is 4.53. The lowest BCUT2D eigenvalue weighted by Crippen LogP contribution is -2.16. The van der Waals surface area contributed by atoms with Gasteiger partial charge in [-0.05, 0) is 24.4 Å². The molecule has 1 heterocycles. The molecule has 0 radical (unpaired) electrons. The summed E-state index contributed by atoms with van der Waals surface area (Å²) >= 11 is 0.989. The molecule has 0 aliphatic rings. The van der Waals surface area contributed by atoms with E-state index in [1.807, 2.05) is 6.92 Å². The molecule has 0 saturated heterocycles. The van der Waals surface area contributed by atoms with E-state index in [9.17, 15) is 18.3 Å². The third-order valence-corrected chi connectivity index (χ3v) is 5.40. The van der Waals surface area contributed by atoms with E-state index in [1.165, 1.54) is 18.6 Å². The van der Waals surface area contributed by atoms with Gasteiger partial charge in [-0.25, -0.2) is 13.2 Å². The zero-order valence-electron chi connectivity index (χ0n) is 12.0. The molecule has 0 aliphatic heterocycles. The van der Waals surface area contributed by atoms with Gasteiger partial charge in [-0.3, -0.25) is 4.72 Å². The predicted molar refractivity (Wildman–Crippen MR) is 83.6 cm³/mol. The van der Waals surface area contributed by atoms with E-state index >= 15 is 0 Å². The average Bonchev–Trinajstić information content (AvgIpc) is 2.98. The molecule has 0 fully saturated rings. The normalized spacial score (nSPS) is 11.2. The van der Waals surface area contributed by atoms with Crippen LogP contribution >= 0.6 is 11.3 Å². The van der Waals surface area contributed by atoms with Crippen LogP contribution in [0.15, 0.2) is 34.5 Å². The summed E-state index contributed by atoms with van der Waals surface area (Å²) in [5, 5.41) is 10.8. The van der Waals surface area contributed by atoms with E-state index in [2.05, 4.69) is 9.46 Å². The minimum absolute atomic E-state index is 0.00709. The Morgan fingerprint density at radius 1 is 1.36 bits per heavy atom. The zero-order chi connectivity index (χ0) is 16.3. The number of aliphatic hydroxyl groups excluding tert-OH is 1. The molecule has 2 rings (SSSR count). The first-order valence-corrected chi connectivity index (χ1v) is 8.64. The number of nitrogens with one attached hydrogen (secondary N) is 1. The Bertz CT molecular complexity index is 795. The maximum atomic E-state index is 12.5. The summed E-state index contributed by atoms with van der Waals surface area (Å²) in [5.41, 5.74) is 1.63. The fourth-order valence-corrected chi connectivity index (χ4v) is 4.34. The standard InChI is InChI=1S/C14H15NO5S2/c1-9-3-4-11(10(7-9)8-16)15-22(18,19)12-5-6-21-13(12)14(17)20-2/h3-7,15-16H,8H2,1-2H3. The second-order valence-corrected chi connectivity index (χ2v) is 7.10. The molecule has 0 aliphatic carbocycles. The van der Waals surface area contributed by atoms with Crippen molar-refractivity contribution < 1.29 is 23.1 Å². The summed E-state index contributed by atoms with van der Waals surface area (Å²) in [5.74, 6) is -0.707. The number of hydrogen-bond acceptors (Lipinski definition) is 6. The lowest BCUT2D eigenvalue weighted by molar-refractivity contribution is 0.0602. The largest absolute Gasteiger partial charge is 0.465 e. The van der Waals surface area contributed by atoms with Crippen molar-refractivity contribution in [1.82, 2.24) is 0 Å². The molecule has 8 heteroatoms. The summed E-state index contributed by atoms with van der Waals surface area (Å²) < 4.78 is 31.9. The number of esters is 1. The van der Waals surface area contributed by atoms with Gasteiger partial charge >= 0.3 is 5.97 Å². The van der Waals surface area contributed by atoms with Crippen molar-refractivity contribution >= 4 is 33.0 Å². The number of carbonyl (C=O) groups is 1. The number of rotatable bonds is 5. The molecule has 0 amide bonds. The number of anilines is 1. The molecule has 0 saturated carbocycles. The zero-order valence-corrected chi connectivity index (χ0v) is 13.6. The van der Waals surface area contributed by atoms with Crippen molar-refractivity contribution in [3.8, 4) is 0 Å². The van der Waals surface area contributed by atoms with Crippen LogP contribution in [0.2, 0.25) is 0 Å². The van der Waals surface area contributed by atoms with Gasteiger partial charge in [-0.15, -0.1) is 11.3 Å². The van der Waals surface area contributed by atoms with Gasteiger partial charge in [0, 0.05) is 5.56 Å². The van der Waals surface area contributed by atoms with Crippen LogP contribution in [0, 0.1) is 6.92 Å². The summed E-state index contributed by atoms with van der Waals surface area (Å²) in [6, 6.07) is 6.33. The number of thiophene rings is 1. The first-order chi connectivity index (χ1) is 10.4. The molecular weight excluding hydrogens is 326 g/mol. The van der Waals surface area contributed by atoms with Crippen molar-refractivity contribution in [2.45, 2.75) is 18.4 Å².